The molecule has 1 aromatic rings. The van der Waals surface area contributed by atoms with Crippen LogP contribution in [0.2, 0.25) is 0 Å². The molecule has 2 rings (SSSR count). The van der Waals surface area contributed by atoms with Crippen LogP contribution in [0.3, 0.4) is 0 Å². The lowest BCUT2D eigenvalue weighted by atomic mass is 10.3. The summed E-state index contributed by atoms with van der Waals surface area (Å²) in [6.45, 7) is 4.22. The van der Waals surface area contributed by atoms with Gasteiger partial charge in [-0.15, -0.1) is 0 Å². The molecule has 0 bridgehead atoms. The third kappa shape index (κ3) is 4.94. The van der Waals surface area contributed by atoms with Gasteiger partial charge in [0.15, 0.2) is 5.96 Å². The Hall–Kier alpha value is -2.64. The van der Waals surface area contributed by atoms with Crippen molar-refractivity contribution in [3.05, 3.63) is 30.1 Å². The zero-order valence-corrected chi connectivity index (χ0v) is 13.9. The molecular weight excluding hydrogens is 313 g/mol. The highest BCUT2D eigenvalue weighted by Crippen LogP contribution is 2.07. The van der Waals surface area contributed by atoms with Gasteiger partial charge in [-0.2, -0.15) is 0 Å². The predicted molar refractivity (Wildman–Crippen MR) is 90.2 cm³/mol. The van der Waals surface area contributed by atoms with E-state index in [1.807, 2.05) is 4.90 Å². The van der Waals surface area contributed by atoms with Gasteiger partial charge in [0.2, 0.25) is 11.8 Å². The minimum atomic E-state index is -0.351. The van der Waals surface area contributed by atoms with Crippen LogP contribution in [0.5, 0.6) is 0 Å². The fourth-order valence-electron chi connectivity index (χ4n) is 2.46. The summed E-state index contributed by atoms with van der Waals surface area (Å²) >= 11 is 0. The molecule has 2 amide bonds. The van der Waals surface area contributed by atoms with Crippen molar-refractivity contribution in [2.75, 3.05) is 45.1 Å². The normalized spacial score (nSPS) is 15.2. The number of carbonyl (C=O) groups excluding carboxylic acids is 2. The second-order valence-electron chi connectivity index (χ2n) is 5.45. The molecule has 0 saturated carbocycles. The van der Waals surface area contributed by atoms with Gasteiger partial charge < -0.3 is 20.4 Å². The number of amides is 2. The zero-order valence-electron chi connectivity index (χ0n) is 13.9. The van der Waals surface area contributed by atoms with Crippen LogP contribution in [0.15, 0.2) is 29.3 Å². The molecule has 0 unspecified atom stereocenters. The van der Waals surface area contributed by atoms with Crippen molar-refractivity contribution in [1.29, 1.82) is 0 Å². The van der Waals surface area contributed by atoms with Crippen LogP contribution in [-0.4, -0.2) is 67.3 Å². The lowest BCUT2D eigenvalue weighted by Gasteiger charge is -2.36. The van der Waals surface area contributed by atoms with Gasteiger partial charge in [0.1, 0.15) is 5.82 Å². The summed E-state index contributed by atoms with van der Waals surface area (Å²) < 4.78 is 12.8. The van der Waals surface area contributed by atoms with E-state index < -0.39 is 0 Å². The van der Waals surface area contributed by atoms with Gasteiger partial charge >= 0.3 is 0 Å². The highest BCUT2D eigenvalue weighted by atomic mass is 19.1. The zero-order chi connectivity index (χ0) is 17.5. The van der Waals surface area contributed by atoms with Gasteiger partial charge in [-0.05, 0) is 24.3 Å². The summed E-state index contributed by atoms with van der Waals surface area (Å²) in [4.78, 5) is 31.2. The van der Waals surface area contributed by atoms with Crippen LogP contribution >= 0.6 is 0 Å². The Morgan fingerprint density at radius 3 is 2.25 bits per heavy atom. The van der Waals surface area contributed by atoms with Crippen LogP contribution in [0.1, 0.15) is 6.92 Å². The molecule has 0 aliphatic carbocycles. The fraction of sp³-hybridized carbons (Fsp3) is 0.438. The number of anilines is 1. The first kappa shape index (κ1) is 17.7. The van der Waals surface area contributed by atoms with Gasteiger partial charge in [0.25, 0.3) is 0 Å². The Balaban J connectivity index is 1.80. The van der Waals surface area contributed by atoms with Crippen LogP contribution in [0, 0.1) is 5.82 Å². The van der Waals surface area contributed by atoms with E-state index in [1.54, 1.807) is 18.9 Å². The molecular formula is C16H22FN5O2. The number of piperazine rings is 1. The average molecular weight is 335 g/mol. The maximum absolute atomic E-state index is 12.8. The van der Waals surface area contributed by atoms with E-state index in [-0.39, 0.29) is 24.2 Å². The summed E-state index contributed by atoms with van der Waals surface area (Å²) in [5.74, 6) is 0.0880. The standard InChI is InChI=1S/C16H22FN5O2/c1-12(23)21-7-9-22(10-8-21)16(18-2)19-11-15(24)20-14-5-3-13(17)4-6-14/h3-6H,7-11H2,1-2H3,(H,18,19)(H,20,24). The average Bonchev–Trinajstić information content (AvgIpc) is 2.58. The molecule has 2 N–H and O–H groups in total. The minimum Gasteiger partial charge on any atom is -0.347 e. The van der Waals surface area contributed by atoms with Crippen LogP contribution < -0.4 is 10.6 Å². The molecule has 0 atom stereocenters. The molecule has 1 aliphatic rings. The highest BCUT2D eigenvalue weighted by molar-refractivity contribution is 5.95. The van der Waals surface area contributed by atoms with E-state index in [1.165, 1.54) is 24.3 Å². The molecule has 0 radical (unpaired) electrons. The number of nitrogens with one attached hydrogen (secondary N) is 2. The molecule has 1 heterocycles. The molecule has 0 spiro atoms. The summed E-state index contributed by atoms with van der Waals surface area (Å²) in [6, 6.07) is 5.58. The summed E-state index contributed by atoms with van der Waals surface area (Å²) in [5, 5.41) is 5.68. The number of halogens is 1. The van der Waals surface area contributed by atoms with Gasteiger partial charge in [-0.1, -0.05) is 0 Å². The van der Waals surface area contributed by atoms with Crippen molar-refractivity contribution in [2.24, 2.45) is 4.99 Å². The highest BCUT2D eigenvalue weighted by Gasteiger charge is 2.21. The maximum atomic E-state index is 12.8. The molecule has 8 heteroatoms. The molecule has 0 aromatic heterocycles. The Morgan fingerprint density at radius 1 is 1.12 bits per heavy atom. The van der Waals surface area contributed by atoms with Crippen molar-refractivity contribution >= 4 is 23.5 Å². The van der Waals surface area contributed by atoms with Crippen molar-refractivity contribution in [1.82, 2.24) is 15.1 Å². The number of aliphatic imine (C=N–C) groups is 1. The molecule has 1 saturated heterocycles. The number of hydrogen-bond donors (Lipinski definition) is 2. The third-order valence-electron chi connectivity index (χ3n) is 3.77. The summed E-state index contributed by atoms with van der Waals surface area (Å²) in [7, 11) is 1.65. The Labute approximate surface area is 140 Å². The Kier molecular flexibility index (Phi) is 6.11. The Bertz CT molecular complexity index is 609. The SMILES string of the molecule is CN=C(NCC(=O)Nc1ccc(F)cc1)N1CCN(C(C)=O)CC1. The number of carbonyl (C=O) groups is 2. The van der Waals surface area contributed by atoms with Crippen molar-refractivity contribution < 1.29 is 14.0 Å². The fourth-order valence-corrected chi connectivity index (χ4v) is 2.46. The molecule has 24 heavy (non-hydrogen) atoms. The molecule has 1 aliphatic heterocycles. The van der Waals surface area contributed by atoms with Crippen molar-refractivity contribution in [3.63, 3.8) is 0 Å². The van der Waals surface area contributed by atoms with E-state index in [9.17, 15) is 14.0 Å². The minimum absolute atomic E-state index is 0.0526. The van der Waals surface area contributed by atoms with E-state index >= 15 is 0 Å². The first-order valence-corrected chi connectivity index (χ1v) is 7.76. The Morgan fingerprint density at radius 2 is 1.71 bits per heavy atom. The van der Waals surface area contributed by atoms with E-state index in [0.29, 0.717) is 37.8 Å². The number of hydrogen-bond acceptors (Lipinski definition) is 3. The van der Waals surface area contributed by atoms with Crippen LogP contribution in [0.25, 0.3) is 0 Å². The van der Waals surface area contributed by atoms with E-state index in [2.05, 4.69) is 15.6 Å². The largest absolute Gasteiger partial charge is 0.347 e. The molecule has 1 fully saturated rings. The van der Waals surface area contributed by atoms with Crippen LogP contribution in [-0.2, 0) is 9.59 Å². The summed E-state index contributed by atoms with van der Waals surface area (Å²) in [6.07, 6.45) is 0. The lowest BCUT2D eigenvalue weighted by molar-refractivity contribution is -0.130. The first-order chi connectivity index (χ1) is 11.5. The van der Waals surface area contributed by atoms with Gasteiger partial charge in [-0.25, -0.2) is 4.39 Å². The van der Waals surface area contributed by atoms with Gasteiger partial charge in [0.05, 0.1) is 6.54 Å². The predicted octanol–water partition coefficient (Wildman–Crippen LogP) is 0.504. The molecule has 130 valence electrons. The number of guanidine groups is 1. The molecule has 1 aromatic carbocycles. The first-order valence-electron chi connectivity index (χ1n) is 7.76. The van der Waals surface area contributed by atoms with E-state index in [0.717, 1.165) is 0 Å². The topological polar surface area (TPSA) is 77.0 Å². The monoisotopic (exact) mass is 335 g/mol. The second kappa shape index (κ2) is 8.28. The number of nitrogens with zero attached hydrogens (tertiary/aromatic N) is 3. The van der Waals surface area contributed by atoms with Crippen molar-refractivity contribution in [2.45, 2.75) is 6.92 Å². The smallest absolute Gasteiger partial charge is 0.243 e. The van der Waals surface area contributed by atoms with Gasteiger partial charge in [-0.3, -0.25) is 14.6 Å². The number of rotatable bonds is 3. The molecule has 7 nitrogen and oxygen atoms in total. The number of benzene rings is 1. The summed E-state index contributed by atoms with van der Waals surface area (Å²) in [5.41, 5.74) is 0.535. The third-order valence-corrected chi connectivity index (χ3v) is 3.77. The maximum Gasteiger partial charge on any atom is 0.243 e. The quantitative estimate of drug-likeness (QED) is 0.623. The lowest BCUT2D eigenvalue weighted by Crippen LogP contribution is -2.54. The van der Waals surface area contributed by atoms with E-state index in [4.69, 9.17) is 0 Å². The van der Waals surface area contributed by atoms with Crippen LogP contribution in [0.4, 0.5) is 10.1 Å². The second-order valence-corrected chi connectivity index (χ2v) is 5.45. The van der Waals surface area contributed by atoms with Crippen molar-refractivity contribution in [3.8, 4) is 0 Å². The van der Waals surface area contributed by atoms with Gasteiger partial charge in [0, 0.05) is 45.8 Å².